The van der Waals surface area contributed by atoms with Crippen LogP contribution in [0.3, 0.4) is 0 Å². The third-order valence-corrected chi connectivity index (χ3v) is 2.39. The maximum atomic E-state index is 10.4. The van der Waals surface area contributed by atoms with Gasteiger partial charge in [0.2, 0.25) is 0 Å². The van der Waals surface area contributed by atoms with Gasteiger partial charge in [0, 0.05) is 16.3 Å². The molecule has 2 aromatic carbocycles. The molecule has 0 atom stereocenters. The molecule has 8 heteroatoms. The van der Waals surface area contributed by atoms with Crippen molar-refractivity contribution in [3.8, 4) is 0 Å². The fourth-order valence-electron chi connectivity index (χ4n) is 1.42. The number of carbonyl (C=O) groups is 2. The Labute approximate surface area is 132 Å². The van der Waals surface area contributed by atoms with E-state index in [1.54, 1.807) is 12.1 Å². The Morgan fingerprint density at radius 3 is 1.96 bits per heavy atom. The summed E-state index contributed by atoms with van der Waals surface area (Å²) >= 11 is 0. The molecular formula is C15H16N4O4. The minimum Gasteiger partial charge on any atom is -0.478 e. The standard InChI is InChI=1S/C7H5N3O2.C7H7NO2.CH4/c8-10-9-6-3-1-2-5(4-6)7(11)12;8-6-3-1-2-5(4-6)7(9)10;/h1-4H,(H,11,12);1-4H,8H2,(H,9,10);1H4. The van der Waals surface area contributed by atoms with E-state index in [1.807, 2.05) is 0 Å². The molecule has 0 aliphatic heterocycles. The van der Waals surface area contributed by atoms with Gasteiger partial charge in [0.1, 0.15) is 0 Å². The van der Waals surface area contributed by atoms with Crippen LogP contribution in [0.1, 0.15) is 28.1 Å². The minimum absolute atomic E-state index is 0. The minimum atomic E-state index is -1.04. The molecule has 23 heavy (non-hydrogen) atoms. The molecule has 0 fully saturated rings. The molecule has 0 amide bonds. The Balaban J connectivity index is 0.000000409. The Morgan fingerprint density at radius 1 is 1.00 bits per heavy atom. The third-order valence-electron chi connectivity index (χ3n) is 2.39. The van der Waals surface area contributed by atoms with Crippen molar-refractivity contribution >= 4 is 23.3 Å². The molecule has 0 unspecified atom stereocenters. The third kappa shape index (κ3) is 6.65. The SMILES string of the molecule is C.Nc1cccc(C(=O)O)c1.[N-]=[N+]=Nc1cccc(C(=O)O)c1. The summed E-state index contributed by atoms with van der Waals surface area (Å²) in [6.07, 6.45) is 0. The Bertz CT molecular complexity index is 723. The van der Waals surface area contributed by atoms with Crippen LogP contribution < -0.4 is 5.73 Å². The van der Waals surface area contributed by atoms with E-state index in [0.29, 0.717) is 11.4 Å². The predicted octanol–water partition coefficient (Wildman–Crippen LogP) is 3.93. The molecule has 0 spiro atoms. The Morgan fingerprint density at radius 2 is 1.52 bits per heavy atom. The van der Waals surface area contributed by atoms with E-state index < -0.39 is 11.9 Å². The van der Waals surface area contributed by atoms with E-state index in [4.69, 9.17) is 21.5 Å². The first-order chi connectivity index (χ1) is 10.4. The van der Waals surface area contributed by atoms with Gasteiger partial charge in [-0.15, -0.1) is 0 Å². The molecule has 0 bridgehead atoms. The summed E-state index contributed by atoms with van der Waals surface area (Å²) in [5.74, 6) is -1.99. The number of benzene rings is 2. The molecule has 2 aromatic rings. The fourth-order valence-corrected chi connectivity index (χ4v) is 1.42. The highest BCUT2D eigenvalue weighted by atomic mass is 16.4. The lowest BCUT2D eigenvalue weighted by atomic mass is 10.2. The maximum absolute atomic E-state index is 10.4. The number of azide groups is 1. The zero-order valence-corrected chi connectivity index (χ0v) is 11.2. The molecule has 120 valence electrons. The second kappa shape index (κ2) is 9.43. The van der Waals surface area contributed by atoms with E-state index in [-0.39, 0.29) is 18.6 Å². The summed E-state index contributed by atoms with van der Waals surface area (Å²) < 4.78 is 0. The highest BCUT2D eigenvalue weighted by molar-refractivity contribution is 5.89. The number of nitrogens with two attached hydrogens (primary N) is 1. The van der Waals surface area contributed by atoms with Crippen LogP contribution >= 0.6 is 0 Å². The van der Waals surface area contributed by atoms with Crippen molar-refractivity contribution in [3.05, 3.63) is 70.1 Å². The Kier molecular flexibility index (Phi) is 7.99. The lowest BCUT2D eigenvalue weighted by molar-refractivity contribution is 0.0686. The summed E-state index contributed by atoms with van der Waals surface area (Å²) in [5, 5.41) is 20.3. The molecule has 0 heterocycles. The lowest BCUT2D eigenvalue weighted by Gasteiger charge is -1.93. The second-order valence-electron chi connectivity index (χ2n) is 3.98. The first-order valence-electron chi connectivity index (χ1n) is 5.91. The van der Waals surface area contributed by atoms with Crippen molar-refractivity contribution in [2.45, 2.75) is 7.43 Å². The topological polar surface area (TPSA) is 149 Å². The normalized spacial score (nSPS) is 8.52. The van der Waals surface area contributed by atoms with E-state index in [1.165, 1.54) is 36.4 Å². The number of anilines is 1. The summed E-state index contributed by atoms with van der Waals surface area (Å²) in [7, 11) is 0. The van der Waals surface area contributed by atoms with Crippen molar-refractivity contribution in [1.82, 2.24) is 0 Å². The molecule has 0 saturated heterocycles. The van der Waals surface area contributed by atoms with Crippen LogP contribution in [-0.4, -0.2) is 22.2 Å². The number of nitrogens with zero attached hydrogens (tertiary/aromatic N) is 3. The van der Waals surface area contributed by atoms with Gasteiger partial charge < -0.3 is 15.9 Å². The van der Waals surface area contributed by atoms with E-state index in [9.17, 15) is 9.59 Å². The zero-order valence-electron chi connectivity index (χ0n) is 11.2. The molecule has 8 nitrogen and oxygen atoms in total. The van der Waals surface area contributed by atoms with Crippen LogP contribution in [0.5, 0.6) is 0 Å². The van der Waals surface area contributed by atoms with Gasteiger partial charge in [-0.05, 0) is 35.9 Å². The van der Waals surface area contributed by atoms with Gasteiger partial charge in [0.05, 0.1) is 11.1 Å². The summed E-state index contributed by atoms with van der Waals surface area (Å²) in [4.78, 5) is 23.3. The van der Waals surface area contributed by atoms with Crippen molar-refractivity contribution < 1.29 is 19.8 Å². The van der Waals surface area contributed by atoms with Crippen molar-refractivity contribution in [2.75, 3.05) is 5.73 Å². The van der Waals surface area contributed by atoms with Crippen molar-refractivity contribution in [2.24, 2.45) is 5.11 Å². The summed E-state index contributed by atoms with van der Waals surface area (Å²) in [6.45, 7) is 0. The highest BCUT2D eigenvalue weighted by Crippen LogP contribution is 2.13. The number of rotatable bonds is 3. The molecule has 0 saturated carbocycles. The van der Waals surface area contributed by atoms with E-state index in [2.05, 4.69) is 10.0 Å². The van der Waals surface area contributed by atoms with Gasteiger partial charge in [0.25, 0.3) is 0 Å². The molecule has 0 aromatic heterocycles. The quantitative estimate of drug-likeness (QED) is 0.339. The van der Waals surface area contributed by atoms with Crippen LogP contribution in [0, 0.1) is 0 Å². The smallest absolute Gasteiger partial charge is 0.335 e. The monoisotopic (exact) mass is 316 g/mol. The summed E-state index contributed by atoms with van der Waals surface area (Å²) in [5.41, 5.74) is 14.5. The molecule has 0 aliphatic rings. The molecule has 0 radical (unpaired) electrons. The fraction of sp³-hybridized carbons (Fsp3) is 0.0667. The number of nitrogen functional groups attached to an aromatic ring is 1. The number of carboxylic acid groups (broad SMARTS) is 2. The average molecular weight is 316 g/mol. The lowest BCUT2D eigenvalue weighted by Crippen LogP contribution is -1.96. The second-order valence-corrected chi connectivity index (χ2v) is 3.98. The van der Waals surface area contributed by atoms with Gasteiger partial charge >= 0.3 is 11.9 Å². The van der Waals surface area contributed by atoms with Gasteiger partial charge in [-0.3, -0.25) is 0 Å². The molecule has 4 N–H and O–H groups in total. The average Bonchev–Trinajstić information content (AvgIpc) is 2.48. The number of carboxylic acids is 2. The van der Waals surface area contributed by atoms with Gasteiger partial charge in [-0.2, -0.15) is 0 Å². The predicted molar refractivity (Wildman–Crippen MR) is 86.8 cm³/mol. The van der Waals surface area contributed by atoms with Crippen LogP contribution in [-0.2, 0) is 0 Å². The number of hydrogen-bond acceptors (Lipinski definition) is 4. The van der Waals surface area contributed by atoms with Crippen LogP contribution in [0.2, 0.25) is 0 Å². The van der Waals surface area contributed by atoms with Crippen LogP contribution in [0.15, 0.2) is 53.6 Å². The van der Waals surface area contributed by atoms with Crippen molar-refractivity contribution in [3.63, 3.8) is 0 Å². The Hall–Kier alpha value is -3.51. The van der Waals surface area contributed by atoms with Crippen LogP contribution in [0.25, 0.3) is 10.4 Å². The maximum Gasteiger partial charge on any atom is 0.335 e. The zero-order chi connectivity index (χ0) is 16.5. The first kappa shape index (κ1) is 19.5. The number of hydrogen-bond donors (Lipinski definition) is 3. The summed E-state index contributed by atoms with van der Waals surface area (Å²) in [6, 6.07) is 12.0. The van der Waals surface area contributed by atoms with Gasteiger partial charge in [-0.1, -0.05) is 30.7 Å². The molecule has 0 aliphatic carbocycles. The van der Waals surface area contributed by atoms with Gasteiger partial charge in [0.15, 0.2) is 0 Å². The molecule has 2 rings (SSSR count). The van der Waals surface area contributed by atoms with E-state index in [0.717, 1.165) is 0 Å². The van der Waals surface area contributed by atoms with Crippen LogP contribution in [0.4, 0.5) is 11.4 Å². The largest absolute Gasteiger partial charge is 0.478 e. The molecular weight excluding hydrogens is 300 g/mol. The van der Waals surface area contributed by atoms with E-state index >= 15 is 0 Å². The number of aromatic carboxylic acids is 2. The highest BCUT2D eigenvalue weighted by Gasteiger charge is 2.01. The van der Waals surface area contributed by atoms with Crippen molar-refractivity contribution in [1.29, 1.82) is 0 Å². The van der Waals surface area contributed by atoms with Gasteiger partial charge in [-0.25, -0.2) is 9.59 Å². The first-order valence-corrected chi connectivity index (χ1v) is 5.91.